The molecule has 1 spiro atoms. The van der Waals surface area contributed by atoms with Gasteiger partial charge in [-0.2, -0.15) is 0 Å². The highest BCUT2D eigenvalue weighted by molar-refractivity contribution is 5.90. The van der Waals surface area contributed by atoms with E-state index in [1.807, 2.05) is 6.07 Å². The Morgan fingerprint density at radius 1 is 1.40 bits per heavy atom. The molecule has 0 aromatic heterocycles. The van der Waals surface area contributed by atoms with Gasteiger partial charge in [-0.25, -0.2) is 0 Å². The zero-order valence-electron chi connectivity index (χ0n) is 14.4. The molecule has 1 N–H and O–H groups in total. The van der Waals surface area contributed by atoms with E-state index in [0.717, 1.165) is 24.1 Å². The van der Waals surface area contributed by atoms with Gasteiger partial charge >= 0.3 is 5.97 Å². The number of phenolic OH excluding ortho intramolecular Hbond substituents is 1. The van der Waals surface area contributed by atoms with E-state index in [-0.39, 0.29) is 23.5 Å². The summed E-state index contributed by atoms with van der Waals surface area (Å²) in [5.74, 6) is 0.182. The quantitative estimate of drug-likeness (QED) is 0.775. The molecule has 1 saturated heterocycles. The lowest BCUT2D eigenvalue weighted by atomic mass is 9.49. The number of benzene rings is 1. The highest BCUT2D eigenvalue weighted by Crippen LogP contribution is 2.65. The molecule has 1 aromatic carbocycles. The van der Waals surface area contributed by atoms with E-state index in [4.69, 9.17) is 9.47 Å². The highest BCUT2D eigenvalue weighted by atomic mass is 16.6. The minimum atomic E-state index is -0.781. The van der Waals surface area contributed by atoms with E-state index in [9.17, 15) is 14.7 Å². The highest BCUT2D eigenvalue weighted by Gasteiger charge is 2.75. The number of likely N-dealkylation sites (tertiary alicyclic amines) is 1. The predicted molar refractivity (Wildman–Crippen MR) is 87.7 cm³/mol. The molecule has 2 aliphatic carbocycles. The maximum absolute atomic E-state index is 12.8. The van der Waals surface area contributed by atoms with Crippen molar-refractivity contribution in [2.75, 3.05) is 13.6 Å². The number of hydrogen-bond acceptors (Lipinski definition) is 6. The number of likely N-dealkylation sites (N-methyl/N-ethyl adjacent to an activating group) is 1. The summed E-state index contributed by atoms with van der Waals surface area (Å²) in [5, 5.41) is 10.4. The Labute approximate surface area is 145 Å². The second-order valence-corrected chi connectivity index (χ2v) is 7.82. The van der Waals surface area contributed by atoms with Crippen molar-refractivity contribution in [1.29, 1.82) is 0 Å². The molecule has 132 valence electrons. The number of carbonyl (C=O) groups excluding carboxylic acids is 2. The summed E-state index contributed by atoms with van der Waals surface area (Å²) in [4.78, 5) is 27.1. The summed E-state index contributed by atoms with van der Waals surface area (Å²) >= 11 is 0. The summed E-state index contributed by atoms with van der Waals surface area (Å²) < 4.78 is 12.1. The van der Waals surface area contributed by atoms with Gasteiger partial charge in [-0.05, 0) is 44.5 Å². The van der Waals surface area contributed by atoms with E-state index in [2.05, 4.69) is 11.9 Å². The first-order valence-corrected chi connectivity index (χ1v) is 8.85. The first-order chi connectivity index (χ1) is 11.9. The van der Waals surface area contributed by atoms with Crippen molar-refractivity contribution in [3.05, 3.63) is 23.3 Å². The van der Waals surface area contributed by atoms with E-state index in [0.29, 0.717) is 25.0 Å². The summed E-state index contributed by atoms with van der Waals surface area (Å²) in [5.41, 5.74) is 0.518. The Hall–Kier alpha value is -2.08. The van der Waals surface area contributed by atoms with Crippen LogP contribution < -0.4 is 4.74 Å². The van der Waals surface area contributed by atoms with Gasteiger partial charge < -0.3 is 14.6 Å². The molecule has 1 saturated carbocycles. The molecule has 2 aliphatic heterocycles. The number of esters is 1. The lowest BCUT2D eigenvalue weighted by molar-refractivity contribution is -0.211. The van der Waals surface area contributed by atoms with Crippen LogP contribution in [0.25, 0.3) is 0 Å². The number of aromatic hydroxyl groups is 1. The monoisotopic (exact) mass is 343 g/mol. The van der Waals surface area contributed by atoms with Gasteiger partial charge in [0.15, 0.2) is 23.4 Å². The Morgan fingerprint density at radius 2 is 2.20 bits per heavy atom. The van der Waals surface area contributed by atoms with Crippen LogP contribution in [-0.4, -0.2) is 53.1 Å². The second kappa shape index (κ2) is 4.55. The molecule has 4 atom stereocenters. The first kappa shape index (κ1) is 15.2. The van der Waals surface area contributed by atoms with Crippen molar-refractivity contribution in [1.82, 2.24) is 4.90 Å². The Bertz CT molecular complexity index is 820. The lowest BCUT2D eigenvalue weighted by Gasteiger charge is -2.63. The smallest absolute Gasteiger partial charge is 0.303 e. The van der Waals surface area contributed by atoms with Gasteiger partial charge in [-0.15, -0.1) is 0 Å². The van der Waals surface area contributed by atoms with Crippen molar-refractivity contribution < 1.29 is 24.2 Å². The summed E-state index contributed by atoms with van der Waals surface area (Å²) in [7, 11) is 2.05. The summed E-state index contributed by atoms with van der Waals surface area (Å²) in [6.45, 7) is 2.23. The van der Waals surface area contributed by atoms with Gasteiger partial charge in [0.2, 0.25) is 0 Å². The third-order valence-corrected chi connectivity index (χ3v) is 6.81. The molecule has 1 aromatic rings. The maximum atomic E-state index is 12.8. The van der Waals surface area contributed by atoms with Crippen LogP contribution in [0.15, 0.2) is 12.1 Å². The molecule has 4 unspecified atom stereocenters. The molecule has 2 fully saturated rings. The topological polar surface area (TPSA) is 76.1 Å². The van der Waals surface area contributed by atoms with E-state index < -0.39 is 17.1 Å². The zero-order chi connectivity index (χ0) is 17.6. The molecule has 6 heteroatoms. The van der Waals surface area contributed by atoms with Crippen molar-refractivity contribution >= 4 is 11.8 Å². The Kier molecular flexibility index (Phi) is 2.77. The molecule has 25 heavy (non-hydrogen) atoms. The SMILES string of the molecule is CC(=O)OC12CCC(=O)C3Oc4c(O)ccc5c4C31CCN(C)C2C5. The third kappa shape index (κ3) is 1.55. The Balaban J connectivity index is 1.86. The molecule has 0 amide bonds. The largest absolute Gasteiger partial charge is 0.504 e. The van der Waals surface area contributed by atoms with Gasteiger partial charge in [-0.1, -0.05) is 6.07 Å². The third-order valence-electron chi connectivity index (χ3n) is 6.81. The maximum Gasteiger partial charge on any atom is 0.303 e. The molecular weight excluding hydrogens is 322 g/mol. The van der Waals surface area contributed by atoms with Crippen LogP contribution in [0.3, 0.4) is 0 Å². The van der Waals surface area contributed by atoms with Gasteiger partial charge in [0.1, 0.15) is 5.60 Å². The fourth-order valence-corrected chi connectivity index (χ4v) is 5.97. The molecule has 0 radical (unpaired) electrons. The number of nitrogens with zero attached hydrogens (tertiary/aromatic N) is 1. The van der Waals surface area contributed by atoms with E-state index in [1.165, 1.54) is 6.92 Å². The van der Waals surface area contributed by atoms with Crippen LogP contribution in [0.4, 0.5) is 0 Å². The van der Waals surface area contributed by atoms with Gasteiger partial charge in [-0.3, -0.25) is 14.5 Å². The molecule has 5 rings (SSSR count). The zero-order valence-corrected chi connectivity index (χ0v) is 14.4. The number of rotatable bonds is 1. The molecule has 6 nitrogen and oxygen atoms in total. The molecular formula is C19H21NO5. The lowest BCUT2D eigenvalue weighted by Crippen LogP contribution is -2.77. The van der Waals surface area contributed by atoms with Crippen LogP contribution in [0.2, 0.25) is 0 Å². The molecule has 4 aliphatic rings. The second-order valence-electron chi connectivity index (χ2n) is 7.82. The fourth-order valence-electron chi connectivity index (χ4n) is 5.97. The van der Waals surface area contributed by atoms with E-state index >= 15 is 0 Å². The molecule has 2 heterocycles. The summed E-state index contributed by atoms with van der Waals surface area (Å²) in [6.07, 6.45) is 1.55. The van der Waals surface area contributed by atoms with Crippen LogP contribution >= 0.6 is 0 Å². The number of ketones is 1. The number of phenols is 1. The standard InChI is InChI=1S/C19H21NO5/c1-10(21)25-19-6-5-13(23)17-18(19)7-8-20(2)14(19)9-11-3-4-12(22)16(24-17)15(11)18/h3-4,14,17,22H,5-9H2,1-2H3. The van der Waals surface area contributed by atoms with Crippen LogP contribution in [0, 0.1) is 0 Å². The van der Waals surface area contributed by atoms with Gasteiger partial charge in [0, 0.05) is 18.9 Å². The van der Waals surface area contributed by atoms with Crippen LogP contribution in [0.5, 0.6) is 11.5 Å². The first-order valence-electron chi connectivity index (χ1n) is 8.85. The summed E-state index contributed by atoms with van der Waals surface area (Å²) in [6, 6.07) is 3.57. The van der Waals surface area contributed by atoms with Crippen molar-refractivity contribution in [2.24, 2.45) is 0 Å². The minimum Gasteiger partial charge on any atom is -0.504 e. The minimum absolute atomic E-state index is 0.00680. The van der Waals surface area contributed by atoms with Crippen LogP contribution in [-0.2, 0) is 26.2 Å². The number of Topliss-reactive ketones (excluding diaryl/α,β-unsaturated/α-hetero) is 1. The molecule has 2 bridgehead atoms. The van der Waals surface area contributed by atoms with Gasteiger partial charge in [0.25, 0.3) is 0 Å². The average Bonchev–Trinajstić information content (AvgIpc) is 2.91. The van der Waals surface area contributed by atoms with Crippen LogP contribution in [0.1, 0.15) is 37.3 Å². The predicted octanol–water partition coefficient (Wildman–Crippen LogP) is 1.32. The average molecular weight is 343 g/mol. The van der Waals surface area contributed by atoms with Crippen molar-refractivity contribution in [3.8, 4) is 11.5 Å². The number of piperidine rings is 1. The number of ether oxygens (including phenoxy) is 2. The van der Waals surface area contributed by atoms with Gasteiger partial charge in [0.05, 0.1) is 11.5 Å². The fraction of sp³-hybridized carbons (Fsp3) is 0.579. The number of carbonyl (C=O) groups is 2. The number of hydrogen-bond donors (Lipinski definition) is 1. The van der Waals surface area contributed by atoms with Crippen molar-refractivity contribution in [3.63, 3.8) is 0 Å². The Morgan fingerprint density at radius 3 is 2.96 bits per heavy atom. The van der Waals surface area contributed by atoms with E-state index in [1.54, 1.807) is 6.07 Å². The van der Waals surface area contributed by atoms with Crippen molar-refractivity contribution in [2.45, 2.75) is 55.8 Å². The normalized spacial score (nSPS) is 38.1.